The van der Waals surface area contributed by atoms with Gasteiger partial charge in [0.1, 0.15) is 0 Å². The molecule has 0 aliphatic carbocycles. The summed E-state index contributed by atoms with van der Waals surface area (Å²) in [5.41, 5.74) is 4.93. The summed E-state index contributed by atoms with van der Waals surface area (Å²) in [7, 11) is -3.91. The van der Waals surface area contributed by atoms with Crippen LogP contribution < -0.4 is 10.1 Å². The highest BCUT2D eigenvalue weighted by Gasteiger charge is 2.17. The van der Waals surface area contributed by atoms with Crippen LogP contribution in [0, 0.1) is 24.0 Å². The van der Waals surface area contributed by atoms with Gasteiger partial charge in [0.2, 0.25) is 0 Å². The molecule has 0 spiro atoms. The maximum atomic E-state index is 12.8. The number of sulfonamides is 1. The SMILES string of the molecule is Cc1ccc(NS(=O)(=O)c2cccc(C(=O)N/N=C/c3cccc([N+](=O)[O-])c3)c2)c(C)c1. The summed E-state index contributed by atoms with van der Waals surface area (Å²) in [6.07, 6.45) is 1.26. The van der Waals surface area contributed by atoms with Crippen LogP contribution in [-0.2, 0) is 10.0 Å². The predicted molar refractivity (Wildman–Crippen MR) is 121 cm³/mol. The van der Waals surface area contributed by atoms with Gasteiger partial charge in [0.25, 0.3) is 21.6 Å². The zero-order valence-electron chi connectivity index (χ0n) is 17.3. The second-order valence-corrected chi connectivity index (χ2v) is 8.69. The predicted octanol–water partition coefficient (Wildman–Crippen LogP) is 3.78. The molecule has 0 aliphatic heterocycles. The monoisotopic (exact) mass is 452 g/mol. The third kappa shape index (κ3) is 5.55. The highest BCUT2D eigenvalue weighted by atomic mass is 32.2. The first-order chi connectivity index (χ1) is 15.2. The molecule has 3 rings (SSSR count). The Morgan fingerprint density at radius 3 is 2.50 bits per heavy atom. The number of carbonyl (C=O) groups is 1. The fraction of sp³-hybridized carbons (Fsp3) is 0.0909. The third-order valence-electron chi connectivity index (χ3n) is 4.49. The number of nitro benzene ring substituents is 1. The molecule has 0 aliphatic rings. The molecule has 0 radical (unpaired) electrons. The number of non-ortho nitro benzene ring substituents is 1. The molecule has 0 aromatic heterocycles. The van der Waals surface area contributed by atoms with Gasteiger partial charge in [-0.2, -0.15) is 5.10 Å². The van der Waals surface area contributed by atoms with Gasteiger partial charge in [0.15, 0.2) is 0 Å². The fourth-order valence-corrected chi connectivity index (χ4v) is 4.06. The molecule has 32 heavy (non-hydrogen) atoms. The summed E-state index contributed by atoms with van der Waals surface area (Å²) in [5, 5.41) is 14.6. The Morgan fingerprint density at radius 1 is 1.03 bits per heavy atom. The molecule has 164 valence electrons. The summed E-state index contributed by atoms with van der Waals surface area (Å²) in [6.45, 7) is 3.71. The molecule has 0 unspecified atom stereocenters. The average Bonchev–Trinajstić information content (AvgIpc) is 2.76. The van der Waals surface area contributed by atoms with E-state index in [0.717, 1.165) is 11.1 Å². The lowest BCUT2D eigenvalue weighted by Gasteiger charge is -2.12. The van der Waals surface area contributed by atoms with Gasteiger partial charge in [-0.25, -0.2) is 13.8 Å². The fourth-order valence-electron chi connectivity index (χ4n) is 2.88. The molecule has 0 atom stereocenters. The Kier molecular flexibility index (Phi) is 6.64. The Hall–Kier alpha value is -4.05. The number of rotatable bonds is 7. The van der Waals surface area contributed by atoms with Gasteiger partial charge < -0.3 is 0 Å². The summed E-state index contributed by atoms with van der Waals surface area (Å²) in [6, 6.07) is 16.6. The molecule has 0 saturated heterocycles. The lowest BCUT2D eigenvalue weighted by molar-refractivity contribution is -0.384. The zero-order valence-corrected chi connectivity index (χ0v) is 18.1. The van der Waals surface area contributed by atoms with E-state index in [1.165, 1.54) is 48.7 Å². The molecular formula is C22H20N4O5S. The maximum Gasteiger partial charge on any atom is 0.271 e. The number of nitrogens with zero attached hydrogens (tertiary/aromatic N) is 2. The van der Waals surface area contributed by atoms with Crippen LogP contribution in [0.3, 0.4) is 0 Å². The topological polar surface area (TPSA) is 131 Å². The molecule has 0 saturated carbocycles. The van der Waals surface area contributed by atoms with Crippen molar-refractivity contribution in [3.63, 3.8) is 0 Å². The van der Waals surface area contributed by atoms with Crippen molar-refractivity contribution in [2.24, 2.45) is 5.10 Å². The molecule has 10 heteroatoms. The van der Waals surface area contributed by atoms with Crippen LogP contribution in [0.4, 0.5) is 11.4 Å². The Labute approximate surface area is 185 Å². The molecular weight excluding hydrogens is 432 g/mol. The third-order valence-corrected chi connectivity index (χ3v) is 5.86. The van der Waals surface area contributed by atoms with Gasteiger partial charge >= 0.3 is 0 Å². The quantitative estimate of drug-likeness (QED) is 0.320. The zero-order chi connectivity index (χ0) is 23.3. The Morgan fingerprint density at radius 2 is 1.78 bits per heavy atom. The van der Waals surface area contributed by atoms with E-state index in [0.29, 0.717) is 11.3 Å². The van der Waals surface area contributed by atoms with Crippen LogP contribution in [0.25, 0.3) is 0 Å². The first kappa shape index (κ1) is 22.6. The number of hydrogen-bond acceptors (Lipinski definition) is 6. The summed E-state index contributed by atoms with van der Waals surface area (Å²) < 4.78 is 28.1. The number of carbonyl (C=O) groups excluding carboxylic acids is 1. The lowest BCUT2D eigenvalue weighted by atomic mass is 10.1. The van der Waals surface area contributed by atoms with Crippen molar-refractivity contribution in [2.75, 3.05) is 4.72 Å². The molecule has 9 nitrogen and oxygen atoms in total. The maximum absolute atomic E-state index is 12.8. The van der Waals surface area contributed by atoms with E-state index in [-0.39, 0.29) is 16.1 Å². The molecule has 1 amide bonds. The smallest absolute Gasteiger partial charge is 0.271 e. The number of nitro groups is 1. The van der Waals surface area contributed by atoms with Gasteiger partial charge in [-0.05, 0) is 43.7 Å². The van der Waals surface area contributed by atoms with Crippen molar-refractivity contribution in [3.05, 3.63) is 99.1 Å². The van der Waals surface area contributed by atoms with Crippen molar-refractivity contribution in [1.29, 1.82) is 0 Å². The second-order valence-electron chi connectivity index (χ2n) is 7.00. The summed E-state index contributed by atoms with van der Waals surface area (Å²) in [5.74, 6) is -0.629. The number of amides is 1. The number of anilines is 1. The molecule has 0 heterocycles. The van der Waals surface area contributed by atoms with E-state index < -0.39 is 20.9 Å². The molecule has 0 fully saturated rings. The van der Waals surface area contributed by atoms with Gasteiger partial charge in [-0.3, -0.25) is 19.6 Å². The van der Waals surface area contributed by atoms with E-state index in [1.807, 2.05) is 13.0 Å². The van der Waals surface area contributed by atoms with Crippen molar-refractivity contribution in [1.82, 2.24) is 5.43 Å². The Bertz CT molecular complexity index is 1320. The standard InChI is InChI=1S/C22H20N4O5S/c1-15-9-10-21(16(2)11-15)25-32(30,31)20-8-4-6-18(13-20)22(27)24-23-14-17-5-3-7-19(12-17)26(28)29/h3-14,25H,1-2H3,(H,24,27)/b23-14+. The highest BCUT2D eigenvalue weighted by Crippen LogP contribution is 2.21. The van der Waals surface area contributed by atoms with Crippen molar-refractivity contribution in [3.8, 4) is 0 Å². The van der Waals surface area contributed by atoms with Crippen molar-refractivity contribution >= 4 is 33.5 Å². The van der Waals surface area contributed by atoms with Crippen LogP contribution in [0.15, 0.2) is 76.7 Å². The number of hydrazone groups is 1. The van der Waals surface area contributed by atoms with Crippen LogP contribution >= 0.6 is 0 Å². The second kappa shape index (κ2) is 9.40. The molecule has 3 aromatic rings. The number of aryl methyl sites for hydroxylation is 2. The van der Waals surface area contributed by atoms with E-state index in [9.17, 15) is 23.3 Å². The van der Waals surface area contributed by atoms with Crippen molar-refractivity contribution < 1.29 is 18.1 Å². The largest absolute Gasteiger partial charge is 0.279 e. The normalized spacial score (nSPS) is 11.3. The van der Waals surface area contributed by atoms with Crippen molar-refractivity contribution in [2.45, 2.75) is 18.7 Å². The van der Waals surface area contributed by atoms with E-state index >= 15 is 0 Å². The van der Waals surface area contributed by atoms with Crippen LogP contribution in [0.2, 0.25) is 0 Å². The minimum Gasteiger partial charge on any atom is -0.279 e. The molecule has 3 aromatic carbocycles. The lowest BCUT2D eigenvalue weighted by Crippen LogP contribution is -2.19. The minimum atomic E-state index is -3.91. The van der Waals surface area contributed by atoms with Gasteiger partial charge in [-0.1, -0.05) is 35.9 Å². The Balaban J connectivity index is 1.74. The summed E-state index contributed by atoms with van der Waals surface area (Å²) in [4.78, 5) is 22.6. The van der Waals surface area contributed by atoms with E-state index in [2.05, 4.69) is 15.2 Å². The van der Waals surface area contributed by atoms with Gasteiger partial charge in [0, 0.05) is 23.3 Å². The highest BCUT2D eigenvalue weighted by molar-refractivity contribution is 7.92. The van der Waals surface area contributed by atoms with Gasteiger partial charge in [-0.15, -0.1) is 0 Å². The average molecular weight is 452 g/mol. The number of benzene rings is 3. The van der Waals surface area contributed by atoms with E-state index in [1.54, 1.807) is 25.1 Å². The molecule has 0 bridgehead atoms. The van der Waals surface area contributed by atoms with Crippen LogP contribution in [-0.4, -0.2) is 25.5 Å². The summed E-state index contributed by atoms with van der Waals surface area (Å²) >= 11 is 0. The number of nitrogens with one attached hydrogen (secondary N) is 2. The first-order valence-corrected chi connectivity index (χ1v) is 10.9. The van der Waals surface area contributed by atoms with Gasteiger partial charge in [0.05, 0.1) is 21.7 Å². The number of hydrogen-bond donors (Lipinski definition) is 2. The first-order valence-electron chi connectivity index (χ1n) is 9.44. The minimum absolute atomic E-state index is 0.0761. The van der Waals surface area contributed by atoms with E-state index in [4.69, 9.17) is 0 Å². The molecule has 2 N–H and O–H groups in total. The van der Waals surface area contributed by atoms with Crippen LogP contribution in [0.5, 0.6) is 0 Å². The van der Waals surface area contributed by atoms with Crippen LogP contribution in [0.1, 0.15) is 27.0 Å².